The maximum Gasteiger partial charge on any atom is 0.304 e. The van der Waals surface area contributed by atoms with Gasteiger partial charge >= 0.3 is 5.97 Å². The summed E-state index contributed by atoms with van der Waals surface area (Å²) in [7, 11) is 1.63. The van der Waals surface area contributed by atoms with Gasteiger partial charge in [0, 0.05) is 15.5 Å². The Labute approximate surface area is 123 Å². The number of rotatable bonds is 4. The van der Waals surface area contributed by atoms with Gasteiger partial charge in [0.05, 0.1) is 13.5 Å². The van der Waals surface area contributed by atoms with Gasteiger partial charge in [-0.25, -0.2) is 0 Å². The number of carbonyl (C=O) groups is 1. The Morgan fingerprint density at radius 1 is 1.21 bits per heavy atom. The van der Waals surface area contributed by atoms with E-state index in [1.165, 1.54) is 0 Å². The quantitative estimate of drug-likeness (QED) is 0.903. The predicted molar refractivity (Wildman–Crippen MR) is 80.2 cm³/mol. The highest BCUT2D eigenvalue weighted by atomic mass is 79.9. The van der Waals surface area contributed by atoms with Crippen LogP contribution in [0.1, 0.15) is 42.5 Å². The molecule has 3 nitrogen and oxygen atoms in total. The minimum Gasteiger partial charge on any atom is -0.496 e. The van der Waals surface area contributed by atoms with Crippen LogP contribution in [0.2, 0.25) is 0 Å². The summed E-state index contributed by atoms with van der Waals surface area (Å²) >= 11 is 3.60. The van der Waals surface area contributed by atoms with Crippen LogP contribution in [0.3, 0.4) is 0 Å². The number of carboxylic acids is 1. The molecule has 0 bridgehead atoms. The topological polar surface area (TPSA) is 46.5 Å². The van der Waals surface area contributed by atoms with Crippen LogP contribution in [0.15, 0.2) is 4.47 Å². The normalized spacial score (nSPS) is 11.5. The molecular formula is C15H21BrO3. The fraction of sp³-hybridized carbons (Fsp3) is 0.533. The monoisotopic (exact) mass is 328 g/mol. The minimum atomic E-state index is -0.805. The van der Waals surface area contributed by atoms with E-state index in [1.807, 2.05) is 34.6 Å². The third kappa shape index (κ3) is 2.94. The lowest BCUT2D eigenvalue weighted by Crippen LogP contribution is -2.24. The SMILES string of the molecule is COc1c(C)c(C)c(Br)c(C)c1C(C)(C)CC(=O)O. The van der Waals surface area contributed by atoms with Crippen molar-refractivity contribution in [2.75, 3.05) is 7.11 Å². The van der Waals surface area contributed by atoms with Crippen LogP contribution in [-0.4, -0.2) is 18.2 Å². The molecule has 1 rings (SSSR count). The molecule has 0 aliphatic rings. The Balaban J connectivity index is 3.63. The summed E-state index contributed by atoms with van der Waals surface area (Å²) in [6.45, 7) is 9.90. The van der Waals surface area contributed by atoms with Crippen LogP contribution < -0.4 is 4.74 Å². The van der Waals surface area contributed by atoms with Gasteiger partial charge in [0.1, 0.15) is 5.75 Å². The number of carboxylic acid groups (broad SMARTS) is 1. The fourth-order valence-electron chi connectivity index (χ4n) is 2.62. The van der Waals surface area contributed by atoms with Gasteiger partial charge in [0.25, 0.3) is 0 Å². The minimum absolute atomic E-state index is 0.0686. The van der Waals surface area contributed by atoms with Crippen LogP contribution in [0.5, 0.6) is 5.75 Å². The molecule has 19 heavy (non-hydrogen) atoms. The Hall–Kier alpha value is -1.03. The number of methoxy groups -OCH3 is 1. The van der Waals surface area contributed by atoms with Crippen molar-refractivity contribution in [2.24, 2.45) is 0 Å². The standard InChI is InChI=1S/C15H21BrO3/c1-8-9(2)14(19-6)12(10(3)13(8)16)15(4,5)7-11(17)18/h7H2,1-6H3,(H,17,18). The molecule has 0 aromatic heterocycles. The average Bonchev–Trinajstić information content (AvgIpc) is 2.28. The van der Waals surface area contributed by atoms with Crippen molar-refractivity contribution in [3.63, 3.8) is 0 Å². The highest BCUT2D eigenvalue weighted by molar-refractivity contribution is 9.10. The number of halogens is 1. The summed E-state index contributed by atoms with van der Waals surface area (Å²) in [5.41, 5.74) is 3.71. The van der Waals surface area contributed by atoms with E-state index in [1.54, 1.807) is 7.11 Å². The van der Waals surface area contributed by atoms with Gasteiger partial charge in [0.2, 0.25) is 0 Å². The molecule has 0 fully saturated rings. The third-order valence-electron chi connectivity index (χ3n) is 3.64. The van der Waals surface area contributed by atoms with Gasteiger partial charge in [-0.1, -0.05) is 29.8 Å². The van der Waals surface area contributed by atoms with Crippen LogP contribution >= 0.6 is 15.9 Å². The van der Waals surface area contributed by atoms with E-state index in [0.29, 0.717) is 0 Å². The summed E-state index contributed by atoms with van der Waals surface area (Å²) in [6.07, 6.45) is 0.0686. The molecule has 0 unspecified atom stereocenters. The maximum absolute atomic E-state index is 11.1. The lowest BCUT2D eigenvalue weighted by Gasteiger charge is -2.30. The van der Waals surface area contributed by atoms with Crippen molar-refractivity contribution < 1.29 is 14.6 Å². The van der Waals surface area contributed by atoms with Crippen LogP contribution in [0.4, 0.5) is 0 Å². The second kappa shape index (κ2) is 5.53. The first-order valence-electron chi connectivity index (χ1n) is 6.19. The van der Waals surface area contributed by atoms with Gasteiger partial charge in [-0.2, -0.15) is 0 Å². The van der Waals surface area contributed by atoms with E-state index < -0.39 is 11.4 Å². The lowest BCUT2D eigenvalue weighted by atomic mass is 9.77. The van der Waals surface area contributed by atoms with Gasteiger partial charge in [-0.3, -0.25) is 4.79 Å². The average molecular weight is 329 g/mol. The van der Waals surface area contributed by atoms with Crippen LogP contribution in [-0.2, 0) is 10.2 Å². The van der Waals surface area contributed by atoms with Crippen LogP contribution in [0, 0.1) is 20.8 Å². The number of aliphatic carboxylic acids is 1. The van der Waals surface area contributed by atoms with E-state index in [4.69, 9.17) is 9.84 Å². The Morgan fingerprint density at radius 2 is 1.74 bits per heavy atom. The van der Waals surface area contributed by atoms with Gasteiger partial charge in [-0.15, -0.1) is 0 Å². The molecule has 0 aliphatic heterocycles. The zero-order chi connectivity index (χ0) is 15.0. The molecule has 4 heteroatoms. The molecular weight excluding hydrogens is 308 g/mol. The second-order valence-electron chi connectivity index (χ2n) is 5.55. The van der Waals surface area contributed by atoms with Crippen molar-refractivity contribution in [3.8, 4) is 5.75 Å². The van der Waals surface area contributed by atoms with Crippen molar-refractivity contribution in [3.05, 3.63) is 26.7 Å². The predicted octanol–water partition coefficient (Wildman–Crippen LogP) is 4.14. The molecule has 0 saturated heterocycles. The molecule has 0 amide bonds. The molecule has 1 aromatic carbocycles. The number of ether oxygens (including phenoxy) is 1. The van der Waals surface area contributed by atoms with Gasteiger partial charge in [-0.05, 0) is 37.5 Å². The second-order valence-corrected chi connectivity index (χ2v) is 6.34. The molecule has 0 aliphatic carbocycles. The molecule has 0 spiro atoms. The van der Waals surface area contributed by atoms with Crippen molar-refractivity contribution in [2.45, 2.75) is 46.5 Å². The Bertz CT molecular complexity index is 519. The first-order chi connectivity index (χ1) is 8.63. The van der Waals surface area contributed by atoms with Gasteiger partial charge in [0.15, 0.2) is 0 Å². The first-order valence-corrected chi connectivity index (χ1v) is 6.98. The number of hydrogen-bond donors (Lipinski definition) is 1. The molecule has 1 N–H and O–H groups in total. The molecule has 0 heterocycles. The summed E-state index contributed by atoms with van der Waals surface area (Å²) in [5, 5.41) is 9.11. The maximum atomic E-state index is 11.1. The van der Waals surface area contributed by atoms with E-state index in [9.17, 15) is 4.79 Å². The lowest BCUT2D eigenvalue weighted by molar-refractivity contribution is -0.138. The summed E-state index contributed by atoms with van der Waals surface area (Å²) in [5.74, 6) is -0.00902. The smallest absolute Gasteiger partial charge is 0.304 e. The van der Waals surface area contributed by atoms with Crippen LogP contribution in [0.25, 0.3) is 0 Å². The van der Waals surface area contributed by atoms with Crippen molar-refractivity contribution in [1.29, 1.82) is 0 Å². The molecule has 106 valence electrons. The highest BCUT2D eigenvalue weighted by Crippen LogP contribution is 2.43. The van der Waals surface area contributed by atoms with E-state index in [0.717, 1.165) is 32.5 Å². The van der Waals surface area contributed by atoms with Crippen molar-refractivity contribution in [1.82, 2.24) is 0 Å². The van der Waals surface area contributed by atoms with Crippen molar-refractivity contribution >= 4 is 21.9 Å². The van der Waals surface area contributed by atoms with E-state index in [-0.39, 0.29) is 6.42 Å². The summed E-state index contributed by atoms with van der Waals surface area (Å²) < 4.78 is 6.57. The summed E-state index contributed by atoms with van der Waals surface area (Å²) in [4.78, 5) is 11.1. The molecule has 0 atom stereocenters. The summed E-state index contributed by atoms with van der Waals surface area (Å²) in [6, 6.07) is 0. The van der Waals surface area contributed by atoms with E-state index >= 15 is 0 Å². The highest BCUT2D eigenvalue weighted by Gasteiger charge is 2.31. The molecule has 1 aromatic rings. The number of benzene rings is 1. The first kappa shape index (κ1) is 16.0. The zero-order valence-corrected chi connectivity index (χ0v) is 13.9. The fourth-order valence-corrected chi connectivity index (χ4v) is 3.12. The molecule has 0 radical (unpaired) electrons. The Kier molecular flexibility index (Phi) is 4.67. The van der Waals surface area contributed by atoms with E-state index in [2.05, 4.69) is 15.9 Å². The Morgan fingerprint density at radius 3 is 2.16 bits per heavy atom. The molecule has 0 saturated carbocycles. The largest absolute Gasteiger partial charge is 0.496 e. The number of hydrogen-bond acceptors (Lipinski definition) is 2. The van der Waals surface area contributed by atoms with Gasteiger partial charge < -0.3 is 9.84 Å². The third-order valence-corrected chi connectivity index (χ3v) is 4.83. The zero-order valence-electron chi connectivity index (χ0n) is 12.3.